The van der Waals surface area contributed by atoms with Crippen LogP contribution >= 0.6 is 0 Å². The third kappa shape index (κ3) is 7.19. The van der Waals surface area contributed by atoms with Crippen molar-refractivity contribution in [1.29, 1.82) is 0 Å². The zero-order valence-corrected chi connectivity index (χ0v) is 30.8. The van der Waals surface area contributed by atoms with E-state index in [4.69, 9.17) is 9.97 Å². The van der Waals surface area contributed by atoms with Gasteiger partial charge in [0.15, 0.2) is 0 Å². The summed E-state index contributed by atoms with van der Waals surface area (Å²) in [6.07, 6.45) is 7.36. The second kappa shape index (κ2) is 15.8. The second-order valence-corrected chi connectivity index (χ2v) is 12.1. The minimum atomic E-state index is 0. The van der Waals surface area contributed by atoms with Crippen molar-refractivity contribution in [2.24, 2.45) is 0 Å². The van der Waals surface area contributed by atoms with Crippen molar-refractivity contribution in [2.75, 3.05) is 0 Å². The van der Waals surface area contributed by atoms with Crippen molar-refractivity contribution < 1.29 is 20.1 Å². The predicted molar refractivity (Wildman–Crippen MR) is 209 cm³/mol. The third-order valence-corrected chi connectivity index (χ3v) is 8.99. The fraction of sp³-hybridized carbons (Fsp3) is 0.0213. The summed E-state index contributed by atoms with van der Waals surface area (Å²) >= 11 is 0. The molecule has 0 saturated heterocycles. The SMILES string of the molecule is Cc1c(-c2cc3ncccc3c3ccc(-c4ccccc4)cc23)ccnc1-c1cc[c-]c(-c2ccccn2)c1.[Ir].[c-]1ccccc1-c1ccccn1. The van der Waals surface area contributed by atoms with E-state index in [0.29, 0.717) is 0 Å². The zero-order chi connectivity index (χ0) is 34.4. The maximum atomic E-state index is 4.83. The van der Waals surface area contributed by atoms with E-state index in [0.717, 1.165) is 61.4 Å². The van der Waals surface area contributed by atoms with Gasteiger partial charge in [0.2, 0.25) is 0 Å². The Morgan fingerprint density at radius 1 is 0.423 bits per heavy atom. The average Bonchev–Trinajstić information content (AvgIpc) is 3.22. The molecule has 4 aromatic heterocycles. The molecule has 0 unspecified atom stereocenters. The molecular weight excluding hydrogens is 813 g/mol. The van der Waals surface area contributed by atoms with E-state index in [1.807, 2.05) is 91.4 Å². The Balaban J connectivity index is 0.000000275. The number of hydrogen-bond acceptors (Lipinski definition) is 4. The van der Waals surface area contributed by atoms with Crippen LogP contribution in [0.1, 0.15) is 5.56 Å². The molecule has 4 heterocycles. The third-order valence-electron chi connectivity index (χ3n) is 8.99. The van der Waals surface area contributed by atoms with E-state index < -0.39 is 0 Å². The van der Waals surface area contributed by atoms with E-state index in [9.17, 15) is 0 Å². The van der Waals surface area contributed by atoms with Gasteiger partial charge in [0.1, 0.15) is 0 Å². The van der Waals surface area contributed by atoms with E-state index in [-0.39, 0.29) is 20.1 Å². The molecule has 0 aliphatic rings. The Morgan fingerprint density at radius 3 is 1.90 bits per heavy atom. The van der Waals surface area contributed by atoms with Gasteiger partial charge >= 0.3 is 0 Å². The van der Waals surface area contributed by atoms with Crippen molar-refractivity contribution in [2.45, 2.75) is 6.92 Å². The van der Waals surface area contributed by atoms with Crippen molar-refractivity contribution in [3.8, 4) is 56.0 Å². The number of nitrogens with zero attached hydrogens (tertiary/aromatic N) is 4. The molecule has 0 atom stereocenters. The monoisotopic (exact) mass is 845 g/mol. The van der Waals surface area contributed by atoms with Crippen molar-refractivity contribution in [3.05, 3.63) is 194 Å². The van der Waals surface area contributed by atoms with Crippen LogP contribution in [0.4, 0.5) is 0 Å². The van der Waals surface area contributed by atoms with Crippen LogP contribution in [0, 0.1) is 19.1 Å². The first kappa shape index (κ1) is 34.3. The Hall–Kier alpha value is -6.13. The molecule has 0 spiro atoms. The van der Waals surface area contributed by atoms with Crippen molar-refractivity contribution in [3.63, 3.8) is 0 Å². The normalized spacial score (nSPS) is 10.6. The standard InChI is InChI=1S/C36H24N3.C11H8N.Ir/c1-24-29(17-20-39-36(24)28-12-7-11-27(21-28)34-14-5-6-18-37-34)33-23-35-31(13-8-19-38-35)30-16-15-26(22-32(30)33)25-9-3-2-4-10-25;1-2-6-10(7-3-1)11-8-4-5-9-12-11;/h2-10,12-23H,1H3;1-6,8-9H;/q2*-1;. The molecule has 5 aromatic carbocycles. The fourth-order valence-corrected chi connectivity index (χ4v) is 6.49. The summed E-state index contributed by atoms with van der Waals surface area (Å²) in [6.45, 7) is 2.16. The van der Waals surface area contributed by atoms with Gasteiger partial charge in [-0.3, -0.25) is 9.97 Å². The summed E-state index contributed by atoms with van der Waals surface area (Å²) in [6, 6.07) is 58.0. The quantitative estimate of drug-likeness (QED) is 0.128. The van der Waals surface area contributed by atoms with Gasteiger partial charge in [-0.15, -0.1) is 65.7 Å². The summed E-state index contributed by atoms with van der Waals surface area (Å²) in [5, 5.41) is 3.55. The molecule has 5 heteroatoms. The van der Waals surface area contributed by atoms with Gasteiger partial charge in [-0.25, -0.2) is 0 Å². The molecular formula is C47H32IrN4-2. The van der Waals surface area contributed by atoms with Crippen LogP contribution in [0.2, 0.25) is 0 Å². The first-order valence-electron chi connectivity index (χ1n) is 16.9. The predicted octanol–water partition coefficient (Wildman–Crippen LogP) is 11.5. The maximum Gasteiger partial charge on any atom is 0.0714 e. The molecule has 4 nitrogen and oxygen atoms in total. The number of aromatic nitrogens is 4. The molecule has 1 radical (unpaired) electrons. The molecule has 0 bridgehead atoms. The minimum Gasteiger partial charge on any atom is -0.305 e. The van der Waals surface area contributed by atoms with Crippen LogP contribution in [0.5, 0.6) is 0 Å². The Kier molecular flexibility index (Phi) is 10.4. The zero-order valence-electron chi connectivity index (χ0n) is 28.4. The second-order valence-electron chi connectivity index (χ2n) is 12.1. The molecule has 0 aliphatic heterocycles. The first-order chi connectivity index (χ1) is 25.2. The van der Waals surface area contributed by atoms with E-state index in [2.05, 4.69) is 108 Å². The minimum absolute atomic E-state index is 0. The summed E-state index contributed by atoms with van der Waals surface area (Å²) in [5.74, 6) is 0. The van der Waals surface area contributed by atoms with Crippen LogP contribution in [0.15, 0.2) is 176 Å². The van der Waals surface area contributed by atoms with Gasteiger partial charge in [0.25, 0.3) is 0 Å². The maximum absolute atomic E-state index is 4.83. The van der Waals surface area contributed by atoms with Gasteiger partial charge in [-0.2, -0.15) is 0 Å². The number of pyridine rings is 4. The molecule has 9 rings (SSSR count). The van der Waals surface area contributed by atoms with Crippen LogP contribution in [-0.2, 0) is 20.1 Å². The van der Waals surface area contributed by atoms with E-state index >= 15 is 0 Å². The van der Waals surface area contributed by atoms with Gasteiger partial charge in [0, 0.05) is 50.3 Å². The number of rotatable bonds is 5. The Bertz CT molecular complexity index is 2540. The van der Waals surface area contributed by atoms with Crippen molar-refractivity contribution >= 4 is 21.7 Å². The largest absolute Gasteiger partial charge is 0.305 e. The smallest absolute Gasteiger partial charge is 0.0714 e. The van der Waals surface area contributed by atoms with Gasteiger partial charge in [-0.1, -0.05) is 78.4 Å². The van der Waals surface area contributed by atoms with Gasteiger partial charge in [-0.05, 0) is 93.3 Å². The molecule has 0 aliphatic carbocycles. The molecule has 0 saturated carbocycles. The number of benzene rings is 5. The Morgan fingerprint density at radius 2 is 1.15 bits per heavy atom. The molecule has 9 aromatic rings. The summed E-state index contributed by atoms with van der Waals surface area (Å²) in [4.78, 5) is 18.3. The van der Waals surface area contributed by atoms with Crippen molar-refractivity contribution in [1.82, 2.24) is 19.9 Å². The Labute approximate surface area is 317 Å². The number of fused-ring (bicyclic) bond motifs is 3. The fourth-order valence-electron chi connectivity index (χ4n) is 6.49. The van der Waals surface area contributed by atoms with E-state index in [1.165, 1.54) is 21.9 Å². The molecule has 0 N–H and O–H groups in total. The number of hydrogen-bond donors (Lipinski definition) is 0. The summed E-state index contributed by atoms with van der Waals surface area (Å²) < 4.78 is 0. The molecule has 0 fully saturated rings. The van der Waals surface area contributed by atoms with Crippen LogP contribution < -0.4 is 0 Å². The van der Waals surface area contributed by atoms with Crippen LogP contribution in [0.3, 0.4) is 0 Å². The van der Waals surface area contributed by atoms with E-state index in [1.54, 1.807) is 6.20 Å². The van der Waals surface area contributed by atoms with Crippen LogP contribution in [-0.4, -0.2) is 19.9 Å². The summed E-state index contributed by atoms with van der Waals surface area (Å²) in [5.41, 5.74) is 12.7. The molecule has 0 amide bonds. The van der Waals surface area contributed by atoms with Gasteiger partial charge < -0.3 is 9.97 Å². The average molecular weight is 845 g/mol. The first-order valence-corrected chi connectivity index (χ1v) is 16.9. The summed E-state index contributed by atoms with van der Waals surface area (Å²) in [7, 11) is 0. The molecule has 251 valence electrons. The van der Waals surface area contributed by atoms with Gasteiger partial charge in [0.05, 0.1) is 11.2 Å². The molecule has 52 heavy (non-hydrogen) atoms. The topological polar surface area (TPSA) is 51.6 Å². The van der Waals surface area contributed by atoms with Crippen LogP contribution in [0.25, 0.3) is 77.7 Å².